The Morgan fingerprint density at radius 1 is 2.00 bits per heavy atom. The van der Waals surface area contributed by atoms with Crippen molar-refractivity contribution >= 4 is 11.8 Å². The van der Waals surface area contributed by atoms with Crippen molar-refractivity contribution in [1.29, 1.82) is 5.26 Å². The van der Waals surface area contributed by atoms with Crippen LogP contribution < -0.4 is 0 Å². The van der Waals surface area contributed by atoms with Gasteiger partial charge in [0.15, 0.2) is 0 Å². The van der Waals surface area contributed by atoms with Crippen molar-refractivity contribution in [3.05, 3.63) is 11.5 Å². The Balaban J connectivity index is 3.33. The summed E-state index contributed by atoms with van der Waals surface area (Å²) in [4.78, 5) is 0.565. The van der Waals surface area contributed by atoms with Gasteiger partial charge < -0.3 is 0 Å². The van der Waals surface area contributed by atoms with Gasteiger partial charge >= 0.3 is 0 Å². The lowest BCUT2D eigenvalue weighted by Gasteiger charge is -1.76. The SMILES string of the molecule is C=C(C#N)SC. The molecule has 0 unspecified atom stereocenters. The molecule has 0 amide bonds. The van der Waals surface area contributed by atoms with Gasteiger partial charge in [-0.3, -0.25) is 0 Å². The first-order valence-corrected chi connectivity index (χ1v) is 2.66. The number of nitrogens with zero attached hydrogens (tertiary/aromatic N) is 1. The Morgan fingerprint density at radius 3 is 2.50 bits per heavy atom. The molecule has 0 aromatic carbocycles. The smallest absolute Gasteiger partial charge is 0.105 e. The Labute approximate surface area is 41.7 Å². The van der Waals surface area contributed by atoms with Gasteiger partial charge in [-0.05, 0) is 6.26 Å². The quantitative estimate of drug-likeness (QED) is 0.464. The number of allylic oxidation sites excluding steroid dienone is 1. The van der Waals surface area contributed by atoms with E-state index in [2.05, 4.69) is 6.58 Å². The number of hydrogen-bond donors (Lipinski definition) is 0. The molecule has 0 heterocycles. The van der Waals surface area contributed by atoms with Crippen LogP contribution in [0.25, 0.3) is 0 Å². The van der Waals surface area contributed by atoms with E-state index in [4.69, 9.17) is 5.26 Å². The van der Waals surface area contributed by atoms with Crippen molar-refractivity contribution < 1.29 is 0 Å². The van der Waals surface area contributed by atoms with Crippen LogP contribution in [0.2, 0.25) is 0 Å². The van der Waals surface area contributed by atoms with Crippen molar-refractivity contribution in [3.63, 3.8) is 0 Å². The molecule has 0 saturated heterocycles. The van der Waals surface area contributed by atoms with Crippen LogP contribution >= 0.6 is 11.8 Å². The summed E-state index contributed by atoms with van der Waals surface area (Å²) < 4.78 is 0. The highest BCUT2D eigenvalue weighted by Crippen LogP contribution is 2.03. The first kappa shape index (κ1) is 5.58. The minimum Gasteiger partial charge on any atom is -0.192 e. The highest BCUT2D eigenvalue weighted by atomic mass is 32.2. The molecular formula is C4H5NS. The van der Waals surface area contributed by atoms with E-state index in [-0.39, 0.29) is 0 Å². The fourth-order valence-electron chi connectivity index (χ4n) is 0.0456. The second-order valence-electron chi connectivity index (χ2n) is 0.739. The summed E-state index contributed by atoms with van der Waals surface area (Å²) in [7, 11) is 0. The lowest BCUT2D eigenvalue weighted by Crippen LogP contribution is -1.56. The molecule has 0 radical (unpaired) electrons. The molecule has 0 spiro atoms. The fraction of sp³-hybridized carbons (Fsp3) is 0.250. The van der Waals surface area contributed by atoms with E-state index in [0.717, 1.165) is 0 Å². The molecule has 0 aromatic rings. The van der Waals surface area contributed by atoms with E-state index in [1.165, 1.54) is 11.8 Å². The zero-order valence-corrected chi connectivity index (χ0v) is 4.38. The van der Waals surface area contributed by atoms with Gasteiger partial charge in [0.1, 0.15) is 6.07 Å². The van der Waals surface area contributed by atoms with E-state index in [1.54, 1.807) is 0 Å². The van der Waals surface area contributed by atoms with E-state index in [9.17, 15) is 0 Å². The second kappa shape index (κ2) is 2.80. The third-order valence-corrected chi connectivity index (χ3v) is 0.955. The molecule has 1 nitrogen and oxygen atoms in total. The Morgan fingerprint density at radius 2 is 2.50 bits per heavy atom. The van der Waals surface area contributed by atoms with Crippen molar-refractivity contribution in [2.24, 2.45) is 0 Å². The minimum absolute atomic E-state index is 0.565. The molecule has 0 saturated carbocycles. The molecule has 0 aliphatic rings. The molecule has 0 aliphatic heterocycles. The molecule has 32 valence electrons. The molecule has 0 N–H and O–H groups in total. The predicted molar refractivity (Wildman–Crippen MR) is 28.3 cm³/mol. The summed E-state index contributed by atoms with van der Waals surface area (Å²) in [5, 5.41) is 7.96. The molecule has 2 heteroatoms. The molecule has 0 fully saturated rings. The molecule has 0 aliphatic carbocycles. The second-order valence-corrected chi connectivity index (χ2v) is 1.64. The molecule has 6 heavy (non-hydrogen) atoms. The molecule has 0 atom stereocenters. The van der Waals surface area contributed by atoms with Gasteiger partial charge in [-0.1, -0.05) is 6.58 Å². The third-order valence-electron chi connectivity index (χ3n) is 0.371. The maximum Gasteiger partial charge on any atom is 0.105 e. The van der Waals surface area contributed by atoms with Crippen molar-refractivity contribution in [2.45, 2.75) is 0 Å². The van der Waals surface area contributed by atoms with Crippen LogP contribution in [-0.2, 0) is 0 Å². The third kappa shape index (κ3) is 1.86. The van der Waals surface area contributed by atoms with Crippen LogP contribution in [0.3, 0.4) is 0 Å². The maximum atomic E-state index is 7.96. The zero-order chi connectivity index (χ0) is 4.99. The summed E-state index contributed by atoms with van der Waals surface area (Å²) in [6.45, 7) is 3.39. The predicted octanol–water partition coefficient (Wildman–Crippen LogP) is 1.39. The Kier molecular flexibility index (Phi) is 2.60. The van der Waals surface area contributed by atoms with Crippen molar-refractivity contribution in [1.82, 2.24) is 0 Å². The monoisotopic (exact) mass is 99.0 g/mol. The number of rotatable bonds is 1. The van der Waals surface area contributed by atoms with Crippen LogP contribution in [0.1, 0.15) is 0 Å². The van der Waals surface area contributed by atoms with Crippen LogP contribution in [0.15, 0.2) is 11.5 Å². The lowest BCUT2D eigenvalue weighted by atomic mass is 10.7. The normalized spacial score (nSPS) is 6.67. The largest absolute Gasteiger partial charge is 0.192 e. The lowest BCUT2D eigenvalue weighted by molar-refractivity contribution is 1.53. The standard InChI is InChI=1S/C4H5NS/c1-4(3-5)6-2/h1H2,2H3. The maximum absolute atomic E-state index is 7.96. The van der Waals surface area contributed by atoms with E-state index in [1.807, 2.05) is 12.3 Å². The summed E-state index contributed by atoms with van der Waals surface area (Å²) in [6, 6.07) is 1.88. The summed E-state index contributed by atoms with van der Waals surface area (Å²) >= 11 is 1.37. The summed E-state index contributed by atoms with van der Waals surface area (Å²) in [6.07, 6.45) is 1.82. The zero-order valence-electron chi connectivity index (χ0n) is 3.56. The van der Waals surface area contributed by atoms with Gasteiger partial charge in [0.2, 0.25) is 0 Å². The molecule has 0 bridgehead atoms. The van der Waals surface area contributed by atoms with Crippen LogP contribution in [0, 0.1) is 11.3 Å². The van der Waals surface area contributed by atoms with E-state index >= 15 is 0 Å². The molecular weight excluding hydrogens is 94.1 g/mol. The van der Waals surface area contributed by atoms with Gasteiger partial charge in [-0.15, -0.1) is 11.8 Å². The molecule has 0 rings (SSSR count). The van der Waals surface area contributed by atoms with Gasteiger partial charge in [-0.25, -0.2) is 0 Å². The van der Waals surface area contributed by atoms with Gasteiger partial charge in [0.25, 0.3) is 0 Å². The Hall–Kier alpha value is -0.420. The van der Waals surface area contributed by atoms with Gasteiger partial charge in [0.05, 0.1) is 4.91 Å². The van der Waals surface area contributed by atoms with E-state index in [0.29, 0.717) is 4.91 Å². The highest BCUT2D eigenvalue weighted by Gasteiger charge is 1.77. The first-order valence-electron chi connectivity index (χ1n) is 1.44. The van der Waals surface area contributed by atoms with Crippen LogP contribution in [0.5, 0.6) is 0 Å². The van der Waals surface area contributed by atoms with Crippen LogP contribution in [-0.4, -0.2) is 6.26 Å². The number of hydrogen-bond acceptors (Lipinski definition) is 2. The average molecular weight is 99.2 g/mol. The average Bonchev–Trinajstić information content (AvgIpc) is 1.65. The Bertz CT molecular complexity index is 90.2. The number of nitriles is 1. The van der Waals surface area contributed by atoms with Gasteiger partial charge in [-0.2, -0.15) is 5.26 Å². The fourth-order valence-corrected chi connectivity index (χ4v) is 0.137. The van der Waals surface area contributed by atoms with E-state index < -0.39 is 0 Å². The van der Waals surface area contributed by atoms with Crippen molar-refractivity contribution in [2.75, 3.05) is 6.26 Å². The first-order chi connectivity index (χ1) is 2.81. The van der Waals surface area contributed by atoms with Crippen LogP contribution in [0.4, 0.5) is 0 Å². The van der Waals surface area contributed by atoms with Gasteiger partial charge in [0, 0.05) is 0 Å². The summed E-state index contributed by atoms with van der Waals surface area (Å²) in [5.74, 6) is 0. The molecule has 0 aromatic heterocycles. The van der Waals surface area contributed by atoms with Crippen molar-refractivity contribution in [3.8, 4) is 6.07 Å². The minimum atomic E-state index is 0.565. The summed E-state index contributed by atoms with van der Waals surface area (Å²) in [5.41, 5.74) is 0. The highest BCUT2D eigenvalue weighted by molar-refractivity contribution is 8.02. The topological polar surface area (TPSA) is 23.8 Å². The number of thioether (sulfide) groups is 1.